The van der Waals surface area contributed by atoms with E-state index in [-0.39, 0.29) is 11.3 Å². The summed E-state index contributed by atoms with van der Waals surface area (Å²) in [5.41, 5.74) is 6.43. The topological polar surface area (TPSA) is 49.8 Å². The summed E-state index contributed by atoms with van der Waals surface area (Å²) in [5.74, 6) is -1.37. The van der Waals surface area contributed by atoms with Crippen LogP contribution in [0, 0.1) is 29.9 Å². The normalized spacial score (nSPS) is 11.9. The number of nitrogens with zero attached hydrogens (tertiary/aromatic N) is 1. The quantitative estimate of drug-likeness (QED) is 0.782. The highest BCUT2D eigenvalue weighted by Crippen LogP contribution is 2.21. The Bertz CT molecular complexity index is 485. The fourth-order valence-electron chi connectivity index (χ4n) is 1.36. The molecule has 0 spiro atoms. The summed E-state index contributed by atoms with van der Waals surface area (Å²) in [6.07, 6.45) is 0.415. The highest BCUT2D eigenvalue weighted by atomic mass is 19.1. The van der Waals surface area contributed by atoms with Crippen LogP contribution in [0.1, 0.15) is 24.5 Å². The van der Waals surface area contributed by atoms with Gasteiger partial charge in [-0.3, -0.25) is 0 Å². The van der Waals surface area contributed by atoms with Crippen LogP contribution < -0.4 is 5.73 Å². The van der Waals surface area contributed by atoms with Crippen LogP contribution in [0.25, 0.3) is 5.70 Å². The Hall–Kier alpha value is -1.89. The minimum absolute atomic E-state index is 0.0746. The Morgan fingerprint density at radius 1 is 1.38 bits per heavy atom. The Morgan fingerprint density at radius 3 is 2.50 bits per heavy atom. The molecule has 0 atom stereocenters. The van der Waals surface area contributed by atoms with E-state index in [2.05, 4.69) is 0 Å². The molecule has 0 unspecified atom stereocenters. The molecule has 0 amide bonds. The molecule has 1 rings (SSSR count). The van der Waals surface area contributed by atoms with Crippen molar-refractivity contribution in [1.82, 2.24) is 0 Å². The molecule has 2 nitrogen and oxygen atoms in total. The number of allylic oxidation sites excluding steroid dienone is 1. The van der Waals surface area contributed by atoms with E-state index >= 15 is 0 Å². The van der Waals surface area contributed by atoms with Crippen molar-refractivity contribution in [1.29, 1.82) is 5.26 Å². The molecule has 0 saturated carbocycles. The predicted molar refractivity (Wildman–Crippen MR) is 58.1 cm³/mol. The Labute approximate surface area is 93.0 Å². The third-order valence-corrected chi connectivity index (χ3v) is 2.35. The maximum absolute atomic E-state index is 13.5. The number of nitriles is 1. The molecular weight excluding hydrogens is 210 g/mol. The Morgan fingerprint density at radius 2 is 2.00 bits per heavy atom. The fraction of sp³-hybridized carbons (Fsp3) is 0.250. The first kappa shape index (κ1) is 12.2. The fourth-order valence-corrected chi connectivity index (χ4v) is 1.36. The lowest BCUT2D eigenvalue weighted by Gasteiger charge is -2.07. The highest BCUT2D eigenvalue weighted by molar-refractivity contribution is 5.69. The van der Waals surface area contributed by atoms with E-state index in [9.17, 15) is 8.78 Å². The minimum atomic E-state index is -0.748. The maximum Gasteiger partial charge on any atom is 0.135 e. The van der Waals surface area contributed by atoms with E-state index in [0.717, 1.165) is 6.07 Å². The molecule has 0 heterocycles. The van der Waals surface area contributed by atoms with Gasteiger partial charge in [0, 0.05) is 11.6 Å². The van der Waals surface area contributed by atoms with Gasteiger partial charge in [0.1, 0.15) is 11.6 Å². The van der Waals surface area contributed by atoms with E-state index in [0.29, 0.717) is 17.6 Å². The molecule has 0 aliphatic rings. The van der Waals surface area contributed by atoms with Gasteiger partial charge in [0.05, 0.1) is 17.3 Å². The number of aryl methyl sites for hydroxylation is 1. The van der Waals surface area contributed by atoms with Crippen LogP contribution in [0.5, 0.6) is 0 Å². The molecular formula is C12H12F2N2. The van der Waals surface area contributed by atoms with E-state index in [1.807, 2.05) is 6.07 Å². The highest BCUT2D eigenvalue weighted by Gasteiger charge is 2.12. The second-order valence-corrected chi connectivity index (χ2v) is 3.44. The molecule has 0 radical (unpaired) electrons. The van der Waals surface area contributed by atoms with Crippen molar-refractivity contribution in [2.24, 2.45) is 5.73 Å². The number of halogens is 2. The van der Waals surface area contributed by atoms with Gasteiger partial charge in [-0.05, 0) is 25.0 Å². The Kier molecular flexibility index (Phi) is 3.62. The molecule has 0 aliphatic heterocycles. The van der Waals surface area contributed by atoms with Gasteiger partial charge in [-0.15, -0.1) is 0 Å². The molecule has 0 aliphatic carbocycles. The molecule has 0 fully saturated rings. The summed E-state index contributed by atoms with van der Waals surface area (Å²) in [6, 6.07) is 4.00. The van der Waals surface area contributed by atoms with Gasteiger partial charge in [-0.25, -0.2) is 8.78 Å². The summed E-state index contributed by atoms with van der Waals surface area (Å²) in [4.78, 5) is 0. The molecule has 1 aromatic rings. The molecule has 2 N–H and O–H groups in total. The van der Waals surface area contributed by atoms with Gasteiger partial charge in [-0.1, -0.05) is 6.92 Å². The predicted octanol–water partition coefficient (Wildman–Crippen LogP) is 2.88. The van der Waals surface area contributed by atoms with Crippen LogP contribution in [0.15, 0.2) is 17.7 Å². The summed E-state index contributed by atoms with van der Waals surface area (Å²) in [5, 5.41) is 8.79. The smallest absolute Gasteiger partial charge is 0.135 e. The number of hydrogen-bond acceptors (Lipinski definition) is 2. The maximum atomic E-state index is 13.5. The average Bonchev–Trinajstić information content (AvgIpc) is 2.25. The van der Waals surface area contributed by atoms with Crippen LogP contribution in [-0.2, 0) is 0 Å². The van der Waals surface area contributed by atoms with Crippen LogP contribution >= 0.6 is 0 Å². The van der Waals surface area contributed by atoms with E-state index in [1.54, 1.807) is 6.92 Å². The van der Waals surface area contributed by atoms with Gasteiger partial charge in [0.2, 0.25) is 0 Å². The second kappa shape index (κ2) is 4.75. The van der Waals surface area contributed by atoms with Gasteiger partial charge in [0.15, 0.2) is 0 Å². The average molecular weight is 222 g/mol. The summed E-state index contributed by atoms with van der Waals surface area (Å²) in [6.45, 7) is 3.27. The van der Waals surface area contributed by atoms with Crippen LogP contribution in [-0.4, -0.2) is 0 Å². The second-order valence-electron chi connectivity index (χ2n) is 3.44. The third kappa shape index (κ3) is 2.19. The number of hydrogen-bond donors (Lipinski definition) is 1. The van der Waals surface area contributed by atoms with Crippen LogP contribution in [0.2, 0.25) is 0 Å². The Balaban J connectivity index is 3.41. The molecule has 16 heavy (non-hydrogen) atoms. The van der Waals surface area contributed by atoms with Gasteiger partial charge in [0.25, 0.3) is 0 Å². The molecule has 1 aromatic carbocycles. The van der Waals surface area contributed by atoms with E-state index < -0.39 is 11.6 Å². The molecule has 84 valence electrons. The van der Waals surface area contributed by atoms with Crippen molar-refractivity contribution < 1.29 is 8.78 Å². The van der Waals surface area contributed by atoms with E-state index in [1.165, 1.54) is 13.0 Å². The van der Waals surface area contributed by atoms with Crippen molar-refractivity contribution in [3.8, 4) is 6.07 Å². The van der Waals surface area contributed by atoms with Crippen molar-refractivity contribution in [2.45, 2.75) is 20.3 Å². The molecule has 0 aromatic heterocycles. The first-order valence-corrected chi connectivity index (χ1v) is 4.86. The van der Waals surface area contributed by atoms with Crippen LogP contribution in [0.4, 0.5) is 8.78 Å². The summed E-state index contributed by atoms with van der Waals surface area (Å²) >= 11 is 0. The summed E-state index contributed by atoms with van der Waals surface area (Å²) in [7, 11) is 0. The third-order valence-electron chi connectivity index (χ3n) is 2.35. The van der Waals surface area contributed by atoms with Crippen molar-refractivity contribution in [3.63, 3.8) is 0 Å². The monoisotopic (exact) mass is 222 g/mol. The zero-order chi connectivity index (χ0) is 12.3. The molecule has 4 heteroatoms. The SMILES string of the molecule is CC/C(C#N)=C(/N)c1cc(C)c(F)cc1F. The number of benzene rings is 1. The standard InChI is InChI=1S/C12H12F2N2/c1-3-8(6-15)12(16)9-4-7(2)10(13)5-11(9)14/h4-5H,3,16H2,1-2H3/b12-8-. The largest absolute Gasteiger partial charge is 0.397 e. The molecule has 0 saturated heterocycles. The van der Waals surface area contributed by atoms with Crippen molar-refractivity contribution in [3.05, 3.63) is 40.5 Å². The van der Waals surface area contributed by atoms with Gasteiger partial charge >= 0.3 is 0 Å². The lowest BCUT2D eigenvalue weighted by Crippen LogP contribution is -2.04. The lowest BCUT2D eigenvalue weighted by atomic mass is 10.0. The lowest BCUT2D eigenvalue weighted by molar-refractivity contribution is 0.575. The first-order chi connectivity index (χ1) is 7.51. The van der Waals surface area contributed by atoms with Crippen molar-refractivity contribution in [2.75, 3.05) is 0 Å². The van der Waals surface area contributed by atoms with Crippen molar-refractivity contribution >= 4 is 5.70 Å². The summed E-state index contributed by atoms with van der Waals surface area (Å²) < 4.78 is 26.5. The zero-order valence-corrected chi connectivity index (χ0v) is 9.14. The first-order valence-electron chi connectivity index (χ1n) is 4.86. The van der Waals surface area contributed by atoms with Gasteiger partial charge < -0.3 is 5.73 Å². The van der Waals surface area contributed by atoms with Crippen LogP contribution in [0.3, 0.4) is 0 Å². The number of nitrogens with two attached hydrogens (primary N) is 1. The zero-order valence-electron chi connectivity index (χ0n) is 9.14. The number of rotatable bonds is 2. The minimum Gasteiger partial charge on any atom is -0.397 e. The van der Waals surface area contributed by atoms with Gasteiger partial charge in [-0.2, -0.15) is 5.26 Å². The van der Waals surface area contributed by atoms with E-state index in [4.69, 9.17) is 11.0 Å². The molecule has 0 bridgehead atoms.